The van der Waals surface area contributed by atoms with E-state index >= 15 is 0 Å². The lowest BCUT2D eigenvalue weighted by Crippen LogP contribution is -2.43. The second-order valence-electron chi connectivity index (χ2n) is 12.9. The average molecular weight is 682 g/mol. The van der Waals surface area contributed by atoms with Gasteiger partial charge >= 0.3 is 11.8 Å². The Hall–Kier alpha value is -4.59. The third-order valence-corrected chi connectivity index (χ3v) is 9.34. The highest BCUT2D eigenvalue weighted by atomic mass is 16.7. The van der Waals surface area contributed by atoms with Crippen molar-refractivity contribution in [2.45, 2.75) is 85.1 Å². The van der Waals surface area contributed by atoms with Crippen molar-refractivity contribution in [3.05, 3.63) is 70.2 Å². The number of hydrogen-bond donors (Lipinski definition) is 4. The molecule has 0 spiro atoms. The Labute approximate surface area is 284 Å². The molecule has 4 aliphatic rings. The van der Waals surface area contributed by atoms with E-state index in [-0.39, 0.29) is 34.4 Å². The molecule has 264 valence electrons. The topological polar surface area (TPSA) is 195 Å². The van der Waals surface area contributed by atoms with Crippen LogP contribution >= 0.6 is 0 Å². The molecule has 0 saturated carbocycles. The highest BCUT2D eigenvalue weighted by Crippen LogP contribution is 2.47. The first-order valence-electron chi connectivity index (χ1n) is 15.9. The summed E-state index contributed by atoms with van der Waals surface area (Å²) < 4.78 is 23.0. The Kier molecular flexibility index (Phi) is 11.0. The van der Waals surface area contributed by atoms with Gasteiger partial charge in [0.05, 0.1) is 47.0 Å². The third kappa shape index (κ3) is 7.24. The minimum absolute atomic E-state index is 0.00957. The fraction of sp³-hybridized carbons (Fsp3) is 0.472. The summed E-state index contributed by atoms with van der Waals surface area (Å²) in [6.45, 7) is 10.6. The van der Waals surface area contributed by atoms with E-state index in [2.05, 4.69) is 5.32 Å². The molecule has 1 aliphatic carbocycles. The van der Waals surface area contributed by atoms with E-state index < -0.39 is 94.2 Å². The van der Waals surface area contributed by atoms with Crippen LogP contribution in [0.15, 0.2) is 47.9 Å². The SMILES string of the molecule is CO[C@H]1/C=C/O[C@@]2(C)Oc3c(C)c(O)c4c(c3C2=O)C(=O)C=C(NC(=O)/C(C)=C\C=C\[C@H](C)[C@H](O)C[C@@H](O)[C@@H](C)[C@H](OC(C)=O)[C@@H]1C)C4=O. The van der Waals surface area contributed by atoms with Crippen LogP contribution in [0.2, 0.25) is 0 Å². The number of carbonyl (C=O) groups is 5. The molecule has 8 atom stereocenters. The largest absolute Gasteiger partial charge is 0.507 e. The molecular formula is C36H43NO12. The Morgan fingerprint density at radius 3 is 2.31 bits per heavy atom. The minimum atomic E-state index is -2.02. The number of rotatable bonds is 2. The number of Topliss-reactive ketones (excluding diaryl/α,β-unsaturated/α-hetero) is 2. The molecule has 0 aromatic heterocycles. The predicted octanol–water partition coefficient (Wildman–Crippen LogP) is 3.38. The van der Waals surface area contributed by atoms with Crippen molar-refractivity contribution in [1.82, 2.24) is 5.32 Å². The molecule has 13 heteroatoms. The van der Waals surface area contributed by atoms with Crippen LogP contribution in [0.3, 0.4) is 0 Å². The van der Waals surface area contributed by atoms with Gasteiger partial charge < -0.3 is 39.6 Å². The number of ether oxygens (including phenoxy) is 4. The monoisotopic (exact) mass is 681 g/mol. The van der Waals surface area contributed by atoms with Gasteiger partial charge in [-0.2, -0.15) is 0 Å². The molecule has 1 aromatic rings. The summed E-state index contributed by atoms with van der Waals surface area (Å²) in [5.41, 5.74) is -1.30. The first-order valence-corrected chi connectivity index (χ1v) is 15.9. The number of aliphatic hydroxyl groups excluding tert-OH is 2. The number of esters is 1. The van der Waals surface area contributed by atoms with E-state index in [1.165, 1.54) is 53.0 Å². The van der Waals surface area contributed by atoms with Gasteiger partial charge in [0.15, 0.2) is 5.78 Å². The number of carbonyl (C=O) groups excluding carboxylic acids is 5. The van der Waals surface area contributed by atoms with Crippen LogP contribution in [0.1, 0.15) is 84.6 Å². The summed E-state index contributed by atoms with van der Waals surface area (Å²) in [5, 5.41) is 35.5. The summed E-state index contributed by atoms with van der Waals surface area (Å²) in [4.78, 5) is 66.0. The van der Waals surface area contributed by atoms with Crippen LogP contribution in [0.25, 0.3) is 0 Å². The van der Waals surface area contributed by atoms with Crippen molar-refractivity contribution in [2.24, 2.45) is 17.8 Å². The maximum Gasteiger partial charge on any atom is 0.312 e. The van der Waals surface area contributed by atoms with Crippen molar-refractivity contribution < 1.29 is 58.2 Å². The maximum atomic E-state index is 13.8. The highest BCUT2D eigenvalue weighted by Gasteiger charge is 2.51. The molecule has 1 aromatic carbocycles. The molecule has 1 amide bonds. The van der Waals surface area contributed by atoms with Crippen LogP contribution < -0.4 is 10.1 Å². The Balaban J connectivity index is 1.81. The number of benzene rings is 1. The Bertz CT molecular complexity index is 1690. The fourth-order valence-electron chi connectivity index (χ4n) is 6.18. The van der Waals surface area contributed by atoms with Crippen molar-refractivity contribution in [3.8, 4) is 11.5 Å². The first kappa shape index (κ1) is 37.2. The standard InChI is InChI=1S/C36H43NO12/c1-16-10-9-11-17(2)35(45)37-22-14-25(41)27-28(31(22)43)30(42)20(5)33-29(27)34(44)36(7,49-33)47-13-12-26(46-8)19(4)32(48-21(6)38)18(3)24(40)15-23(16)39/h9-14,16,18-19,23-24,26,32,39-40,42H,15H2,1-8H3,(H,37,45)/b10-9+,13-12+,17-11-/t16-,18+,19+,23+,24+,26-,32-,36-/m0/s1. The molecular weight excluding hydrogens is 638 g/mol. The van der Waals surface area contributed by atoms with E-state index in [1.807, 2.05) is 0 Å². The van der Waals surface area contributed by atoms with E-state index in [4.69, 9.17) is 18.9 Å². The number of phenols is 1. The molecule has 3 heterocycles. The third-order valence-electron chi connectivity index (χ3n) is 9.34. The summed E-state index contributed by atoms with van der Waals surface area (Å²) >= 11 is 0. The van der Waals surface area contributed by atoms with Crippen LogP contribution in [0.4, 0.5) is 0 Å². The lowest BCUT2D eigenvalue weighted by molar-refractivity contribution is -0.158. The average Bonchev–Trinajstić information content (AvgIpc) is 3.30. The maximum absolute atomic E-state index is 13.8. The van der Waals surface area contributed by atoms with Crippen LogP contribution in [-0.2, 0) is 23.8 Å². The summed E-state index contributed by atoms with van der Waals surface area (Å²) in [6.07, 6.45) is 4.31. The number of nitrogens with one attached hydrogen (secondary N) is 1. The number of aliphatic hydroxyl groups is 2. The summed E-state index contributed by atoms with van der Waals surface area (Å²) in [6, 6.07) is 0. The molecule has 0 fully saturated rings. The molecule has 5 rings (SSSR count). The minimum Gasteiger partial charge on any atom is -0.507 e. The van der Waals surface area contributed by atoms with Crippen molar-refractivity contribution in [2.75, 3.05) is 7.11 Å². The second-order valence-corrected chi connectivity index (χ2v) is 12.9. The van der Waals surface area contributed by atoms with E-state index in [0.29, 0.717) is 0 Å². The number of hydrogen-bond acceptors (Lipinski definition) is 12. The van der Waals surface area contributed by atoms with Gasteiger partial charge in [-0.1, -0.05) is 39.0 Å². The summed E-state index contributed by atoms with van der Waals surface area (Å²) in [7, 11) is 1.42. The lowest BCUT2D eigenvalue weighted by Gasteiger charge is -2.35. The first-order chi connectivity index (χ1) is 22.9. The van der Waals surface area contributed by atoms with Gasteiger partial charge in [0.2, 0.25) is 5.78 Å². The molecule has 3 aliphatic heterocycles. The molecule has 49 heavy (non-hydrogen) atoms. The van der Waals surface area contributed by atoms with E-state index in [9.17, 15) is 39.3 Å². The van der Waals surface area contributed by atoms with E-state index in [0.717, 1.165) is 12.3 Å². The smallest absolute Gasteiger partial charge is 0.312 e. The van der Waals surface area contributed by atoms with Gasteiger partial charge in [0, 0.05) is 62.3 Å². The summed E-state index contributed by atoms with van der Waals surface area (Å²) in [5.74, 6) is -8.23. The number of phenolic OH excluding ortho intramolecular Hbond substituents is 1. The van der Waals surface area contributed by atoms with Crippen molar-refractivity contribution >= 4 is 29.2 Å². The van der Waals surface area contributed by atoms with Gasteiger partial charge in [0.1, 0.15) is 17.6 Å². The fourth-order valence-corrected chi connectivity index (χ4v) is 6.18. The van der Waals surface area contributed by atoms with Gasteiger partial charge in [0.25, 0.3) is 11.7 Å². The lowest BCUT2D eigenvalue weighted by atomic mass is 9.83. The number of ketones is 3. The van der Waals surface area contributed by atoms with Gasteiger partial charge in [-0.3, -0.25) is 24.0 Å². The number of fused-ring (bicyclic) bond motifs is 14. The zero-order chi connectivity index (χ0) is 36.5. The Morgan fingerprint density at radius 1 is 1.00 bits per heavy atom. The molecule has 0 radical (unpaired) electrons. The van der Waals surface area contributed by atoms with Crippen molar-refractivity contribution in [3.63, 3.8) is 0 Å². The number of aromatic hydroxyl groups is 1. The molecule has 4 N–H and O–H groups in total. The van der Waals surface area contributed by atoms with Crippen LogP contribution in [-0.4, -0.2) is 81.9 Å². The van der Waals surface area contributed by atoms with Crippen molar-refractivity contribution in [1.29, 1.82) is 0 Å². The quantitative estimate of drug-likeness (QED) is 0.333. The number of methoxy groups -OCH3 is 1. The zero-order valence-electron chi connectivity index (χ0n) is 28.7. The van der Waals surface area contributed by atoms with Crippen LogP contribution in [0, 0.1) is 24.7 Å². The molecule has 5 bridgehead atoms. The van der Waals surface area contributed by atoms with Gasteiger partial charge in [-0.25, -0.2) is 0 Å². The Morgan fingerprint density at radius 2 is 1.67 bits per heavy atom. The molecule has 0 saturated heterocycles. The normalized spacial score (nSPS) is 33.4. The molecule has 0 unspecified atom stereocenters. The van der Waals surface area contributed by atoms with Gasteiger partial charge in [-0.05, 0) is 19.9 Å². The zero-order valence-corrected chi connectivity index (χ0v) is 28.7. The van der Waals surface area contributed by atoms with Crippen LogP contribution in [0.5, 0.6) is 11.5 Å². The highest BCUT2D eigenvalue weighted by molar-refractivity contribution is 6.30. The molecule has 13 nitrogen and oxygen atoms in total. The number of allylic oxidation sites excluding steroid dienone is 4. The van der Waals surface area contributed by atoms with Gasteiger partial charge in [-0.15, -0.1) is 0 Å². The second kappa shape index (κ2) is 14.5. The predicted molar refractivity (Wildman–Crippen MR) is 175 cm³/mol. The van der Waals surface area contributed by atoms with E-state index in [1.54, 1.807) is 26.8 Å². The number of amides is 1.